The van der Waals surface area contributed by atoms with Gasteiger partial charge in [-0.15, -0.1) is 0 Å². The van der Waals surface area contributed by atoms with Crippen LogP contribution >= 0.6 is 0 Å². The minimum absolute atomic E-state index is 0.0714. The van der Waals surface area contributed by atoms with Crippen molar-refractivity contribution in [3.63, 3.8) is 0 Å². The Morgan fingerprint density at radius 2 is 1.43 bits per heavy atom. The van der Waals surface area contributed by atoms with E-state index in [-0.39, 0.29) is 18.6 Å². The minimum Gasteiger partial charge on any atom is -0.508 e. The van der Waals surface area contributed by atoms with E-state index >= 15 is 0 Å². The Morgan fingerprint density at radius 1 is 0.875 bits per heavy atom. The molecule has 6 N–H and O–H groups in total. The number of benzene rings is 2. The molecule has 2 aliphatic rings. The van der Waals surface area contributed by atoms with E-state index in [4.69, 9.17) is 10.5 Å². The number of piperazine rings is 1. The summed E-state index contributed by atoms with van der Waals surface area (Å²) in [5.74, 6) is -2.28. The summed E-state index contributed by atoms with van der Waals surface area (Å²) in [5, 5.41) is 16.6. The first kappa shape index (κ1) is 29.0. The highest BCUT2D eigenvalue weighted by Gasteiger charge is 2.51. The molecule has 4 atom stereocenters. The molecular formula is C28H36N6O6. The van der Waals surface area contributed by atoms with Crippen LogP contribution < -0.4 is 21.8 Å². The number of primary amides is 1. The summed E-state index contributed by atoms with van der Waals surface area (Å²) in [6.07, 6.45) is -1.72. The van der Waals surface area contributed by atoms with Gasteiger partial charge in [0.15, 0.2) is 12.2 Å². The number of nitrogens with one attached hydrogen (secondary N) is 3. The Balaban J connectivity index is 1.40. The second kappa shape index (κ2) is 12.9. The lowest BCUT2D eigenvalue weighted by Gasteiger charge is -2.32. The number of ether oxygens (including phenoxy) is 1. The van der Waals surface area contributed by atoms with Gasteiger partial charge in [-0.2, -0.15) is 0 Å². The molecule has 2 saturated heterocycles. The summed E-state index contributed by atoms with van der Waals surface area (Å²) in [6, 6.07) is 11.6. The Morgan fingerprint density at radius 3 is 2.02 bits per heavy atom. The van der Waals surface area contributed by atoms with Gasteiger partial charge in [0.05, 0.1) is 0 Å². The van der Waals surface area contributed by atoms with Crippen LogP contribution in [-0.2, 0) is 36.8 Å². The summed E-state index contributed by atoms with van der Waals surface area (Å²) in [5.41, 5.74) is 10.9. The summed E-state index contributed by atoms with van der Waals surface area (Å²) in [7, 11) is 2.01. The number of hydrogen-bond donors (Lipinski definition) is 5. The van der Waals surface area contributed by atoms with Gasteiger partial charge in [-0.1, -0.05) is 42.0 Å². The standard InChI is InChI=1S/C28H36N6O6/c1-17-3-5-18(6-4-17)16-22(26(37)30-21(25(29)36)15-19-7-9-20(35)10-8-19)31-27(38)23-24(40-23)28(39)32-34-13-11-33(2)12-14-34/h3-10,21-24,35H,11-16H2,1-2H3,(H2,29,36)(H,30,37)(H,31,38)(H,32,39)/t21?,22-,23?,24-/m0/s1. The first-order valence-corrected chi connectivity index (χ1v) is 13.2. The summed E-state index contributed by atoms with van der Waals surface area (Å²) < 4.78 is 5.37. The van der Waals surface area contributed by atoms with Crippen LogP contribution in [0.2, 0.25) is 0 Å². The molecule has 0 aromatic heterocycles. The molecule has 4 rings (SSSR count). The minimum atomic E-state index is -1.05. The van der Waals surface area contributed by atoms with Crippen molar-refractivity contribution >= 4 is 23.6 Å². The van der Waals surface area contributed by atoms with Gasteiger partial charge in [0.25, 0.3) is 11.8 Å². The quantitative estimate of drug-likeness (QED) is 0.221. The fourth-order valence-corrected chi connectivity index (χ4v) is 4.43. The number of aromatic hydroxyl groups is 1. The van der Waals surface area contributed by atoms with E-state index in [1.54, 1.807) is 17.1 Å². The molecule has 2 heterocycles. The number of aryl methyl sites for hydroxylation is 1. The Hall–Kier alpha value is -4.00. The number of hydrazine groups is 1. The zero-order valence-corrected chi connectivity index (χ0v) is 22.6. The van der Waals surface area contributed by atoms with Gasteiger partial charge in [-0.05, 0) is 37.2 Å². The topological polar surface area (TPSA) is 170 Å². The number of rotatable bonds is 11. The number of carbonyl (C=O) groups excluding carboxylic acids is 4. The van der Waals surface area contributed by atoms with E-state index in [9.17, 15) is 24.3 Å². The molecule has 2 aromatic carbocycles. The second-order valence-electron chi connectivity index (χ2n) is 10.3. The van der Waals surface area contributed by atoms with Crippen LogP contribution in [0.15, 0.2) is 48.5 Å². The number of carbonyl (C=O) groups is 4. The smallest absolute Gasteiger partial charge is 0.266 e. The largest absolute Gasteiger partial charge is 0.508 e. The SMILES string of the molecule is Cc1ccc(C[C@H](NC(=O)C2O[C@@H]2C(=O)NN2CCN(C)CC2)C(=O)NC(Cc2ccc(O)cc2)C(N)=O)cc1. The van der Waals surface area contributed by atoms with Crippen molar-refractivity contribution in [2.45, 2.75) is 44.1 Å². The molecule has 2 unspecified atom stereocenters. The van der Waals surface area contributed by atoms with E-state index in [1.807, 2.05) is 38.2 Å². The van der Waals surface area contributed by atoms with Crippen molar-refractivity contribution in [1.82, 2.24) is 26.0 Å². The van der Waals surface area contributed by atoms with Gasteiger partial charge in [0.1, 0.15) is 17.8 Å². The molecule has 0 bridgehead atoms. The summed E-state index contributed by atoms with van der Waals surface area (Å²) in [6.45, 7) is 4.88. The van der Waals surface area contributed by atoms with Crippen LogP contribution in [-0.4, -0.2) is 96.2 Å². The van der Waals surface area contributed by atoms with Crippen molar-refractivity contribution in [2.24, 2.45) is 5.73 Å². The van der Waals surface area contributed by atoms with E-state index < -0.39 is 47.9 Å². The fraction of sp³-hybridized carbons (Fsp3) is 0.429. The van der Waals surface area contributed by atoms with Gasteiger partial charge < -0.3 is 31.1 Å². The molecule has 214 valence electrons. The number of nitrogens with two attached hydrogens (primary N) is 1. The van der Waals surface area contributed by atoms with E-state index in [1.165, 1.54) is 12.1 Å². The predicted molar refractivity (Wildman–Crippen MR) is 146 cm³/mol. The van der Waals surface area contributed by atoms with E-state index in [0.29, 0.717) is 18.7 Å². The highest BCUT2D eigenvalue weighted by Crippen LogP contribution is 2.23. The molecular weight excluding hydrogens is 516 g/mol. The number of nitrogens with zero attached hydrogens (tertiary/aromatic N) is 2. The maximum absolute atomic E-state index is 13.4. The second-order valence-corrected chi connectivity index (χ2v) is 10.3. The monoisotopic (exact) mass is 552 g/mol. The zero-order valence-electron chi connectivity index (χ0n) is 22.6. The molecule has 0 saturated carbocycles. The van der Waals surface area contributed by atoms with Gasteiger partial charge in [-0.25, -0.2) is 5.01 Å². The van der Waals surface area contributed by atoms with Gasteiger partial charge in [0, 0.05) is 39.0 Å². The van der Waals surface area contributed by atoms with Crippen LogP contribution in [0.1, 0.15) is 16.7 Å². The van der Waals surface area contributed by atoms with Crippen molar-refractivity contribution in [1.29, 1.82) is 0 Å². The zero-order chi connectivity index (χ0) is 28.8. The Labute approximate surface area is 232 Å². The summed E-state index contributed by atoms with van der Waals surface area (Å²) >= 11 is 0. The molecule has 0 aliphatic carbocycles. The molecule has 40 heavy (non-hydrogen) atoms. The van der Waals surface area contributed by atoms with E-state index in [2.05, 4.69) is 21.0 Å². The number of phenolic OH excluding ortho intramolecular Hbond substituents is 1. The van der Waals surface area contributed by atoms with Gasteiger partial charge in [0.2, 0.25) is 11.8 Å². The summed E-state index contributed by atoms with van der Waals surface area (Å²) in [4.78, 5) is 53.3. The third-order valence-electron chi connectivity index (χ3n) is 7.01. The Kier molecular flexibility index (Phi) is 9.35. The highest BCUT2D eigenvalue weighted by atomic mass is 16.6. The number of likely N-dealkylation sites (N-methyl/N-ethyl adjacent to an activating group) is 1. The third-order valence-corrected chi connectivity index (χ3v) is 7.01. The number of phenols is 1. The van der Waals surface area contributed by atoms with Crippen LogP contribution in [0.3, 0.4) is 0 Å². The lowest BCUT2D eigenvalue weighted by molar-refractivity contribution is -0.131. The fourth-order valence-electron chi connectivity index (χ4n) is 4.43. The molecule has 0 radical (unpaired) electrons. The van der Waals surface area contributed by atoms with Crippen LogP contribution in [0.4, 0.5) is 0 Å². The average molecular weight is 553 g/mol. The van der Waals surface area contributed by atoms with Gasteiger partial charge in [-0.3, -0.25) is 24.6 Å². The van der Waals surface area contributed by atoms with Crippen molar-refractivity contribution in [2.75, 3.05) is 33.2 Å². The molecule has 2 aliphatic heterocycles. The third kappa shape index (κ3) is 8.01. The van der Waals surface area contributed by atoms with Crippen molar-refractivity contribution < 1.29 is 29.0 Å². The average Bonchev–Trinajstić information content (AvgIpc) is 3.73. The van der Waals surface area contributed by atoms with Gasteiger partial charge >= 0.3 is 0 Å². The Bertz CT molecular complexity index is 1210. The molecule has 12 heteroatoms. The normalized spacial score (nSPS) is 20.6. The first-order valence-electron chi connectivity index (χ1n) is 13.2. The highest BCUT2D eigenvalue weighted by molar-refractivity contribution is 5.97. The van der Waals surface area contributed by atoms with Crippen LogP contribution in [0.5, 0.6) is 5.75 Å². The maximum Gasteiger partial charge on any atom is 0.266 e. The lowest BCUT2D eigenvalue weighted by Crippen LogP contribution is -2.55. The number of hydrogen-bond acceptors (Lipinski definition) is 8. The molecule has 0 spiro atoms. The van der Waals surface area contributed by atoms with E-state index in [0.717, 1.165) is 24.2 Å². The molecule has 2 aromatic rings. The molecule has 12 nitrogen and oxygen atoms in total. The molecule has 2 fully saturated rings. The van der Waals surface area contributed by atoms with Crippen molar-refractivity contribution in [3.05, 3.63) is 65.2 Å². The van der Waals surface area contributed by atoms with Crippen LogP contribution in [0.25, 0.3) is 0 Å². The van der Waals surface area contributed by atoms with Crippen LogP contribution in [0, 0.1) is 6.92 Å². The molecule has 4 amide bonds. The number of epoxide rings is 1. The maximum atomic E-state index is 13.4. The van der Waals surface area contributed by atoms with Crippen molar-refractivity contribution in [3.8, 4) is 5.75 Å². The predicted octanol–water partition coefficient (Wildman–Crippen LogP) is -1.01. The first-order chi connectivity index (χ1) is 19.1. The lowest BCUT2D eigenvalue weighted by atomic mass is 10.0. The number of amides is 4.